The Morgan fingerprint density at radius 1 is 0.714 bits per heavy atom. The maximum atomic E-state index is 10.5. The summed E-state index contributed by atoms with van der Waals surface area (Å²) in [6.07, 6.45) is 8.24. The van der Waals surface area contributed by atoms with E-state index in [1.54, 1.807) is 0 Å². The summed E-state index contributed by atoms with van der Waals surface area (Å²) in [6.45, 7) is 4.00. The largest absolute Gasteiger partial charge is 2.00 e. The molecule has 0 N–H and O–H groups in total. The van der Waals surface area contributed by atoms with Crippen molar-refractivity contribution < 1.29 is 47.5 Å². The number of carbonyl (C=O) groups is 2. The zero-order valence-electron chi connectivity index (χ0n) is 13.3. The summed E-state index contributed by atoms with van der Waals surface area (Å²) in [5.41, 5.74) is 0. The van der Waals surface area contributed by atoms with E-state index in [2.05, 4.69) is 0 Å². The molecule has 2 aliphatic carbocycles. The monoisotopic (exact) mass is 484 g/mol. The van der Waals surface area contributed by atoms with E-state index in [-0.39, 0.29) is 39.5 Å². The van der Waals surface area contributed by atoms with Crippen LogP contribution in [-0.2, 0) is 37.3 Å². The first-order valence-electron chi connectivity index (χ1n) is 7.85. The number of carboxylic acids is 2. The molecule has 0 aliphatic heterocycles. The number of rotatable bonds is 2. The van der Waals surface area contributed by atoms with E-state index in [0.29, 0.717) is 11.8 Å². The van der Waals surface area contributed by atoms with Gasteiger partial charge in [-0.15, -0.1) is 0 Å². The van der Waals surface area contributed by atoms with Crippen LogP contribution in [0.25, 0.3) is 0 Å². The fraction of sp³-hybridized carbons (Fsp3) is 0.875. The van der Waals surface area contributed by atoms with E-state index < -0.39 is 11.9 Å². The molecule has 0 amide bonds. The van der Waals surface area contributed by atoms with E-state index in [1.807, 2.05) is 13.8 Å². The Hall–Kier alpha value is -0.125. The van der Waals surface area contributed by atoms with Gasteiger partial charge in [-0.1, -0.05) is 52.4 Å². The van der Waals surface area contributed by atoms with Crippen LogP contribution in [0.5, 0.6) is 0 Å². The van der Waals surface area contributed by atoms with Gasteiger partial charge in [-0.3, -0.25) is 0 Å². The van der Waals surface area contributed by atoms with Gasteiger partial charge in [0, 0.05) is 23.8 Å². The van der Waals surface area contributed by atoms with Crippen molar-refractivity contribution in [3.8, 4) is 0 Å². The van der Waals surface area contributed by atoms with E-state index in [4.69, 9.17) is 0 Å². The second kappa shape index (κ2) is 10.6. The van der Waals surface area contributed by atoms with Crippen molar-refractivity contribution in [3.63, 3.8) is 0 Å². The third kappa shape index (κ3) is 7.12. The molecule has 4 atom stereocenters. The van der Waals surface area contributed by atoms with Gasteiger partial charge in [0.05, 0.1) is 0 Å². The smallest absolute Gasteiger partial charge is 0.550 e. The topological polar surface area (TPSA) is 80.3 Å². The summed E-state index contributed by atoms with van der Waals surface area (Å²) in [7, 11) is 0. The van der Waals surface area contributed by atoms with Gasteiger partial charge in [0.2, 0.25) is 0 Å². The van der Waals surface area contributed by atoms with Crippen LogP contribution in [0.15, 0.2) is 0 Å². The van der Waals surface area contributed by atoms with Gasteiger partial charge in [0.15, 0.2) is 0 Å². The molecule has 0 radical (unpaired) electrons. The molecule has 5 heteroatoms. The van der Waals surface area contributed by atoms with Crippen molar-refractivity contribution in [2.45, 2.75) is 65.2 Å². The molecule has 2 rings (SSSR count). The molecule has 0 saturated heterocycles. The molecule has 4 nitrogen and oxygen atoms in total. The Bertz CT molecular complexity index is 300. The predicted molar refractivity (Wildman–Crippen MR) is 72.3 cm³/mol. The number of hydrogen-bond acceptors (Lipinski definition) is 4. The average molecular weight is 483 g/mol. The Balaban J connectivity index is 0.000000364. The van der Waals surface area contributed by atoms with Crippen LogP contribution in [0, 0.1) is 23.7 Å². The SMILES string of the molecule is CC1CCCCC1C(=O)[O-].CC1CCCCC1C(=O)[O-].[Hg+2]. The van der Waals surface area contributed by atoms with Gasteiger partial charge in [-0.05, 0) is 24.7 Å². The number of hydrogen-bond donors (Lipinski definition) is 0. The number of carboxylic acid groups (broad SMARTS) is 2. The molecule has 0 aromatic heterocycles. The maximum absolute atomic E-state index is 10.5. The van der Waals surface area contributed by atoms with Crippen molar-refractivity contribution in [2.24, 2.45) is 23.7 Å². The van der Waals surface area contributed by atoms with Crippen molar-refractivity contribution in [3.05, 3.63) is 0 Å². The Morgan fingerprint density at radius 3 is 1.19 bits per heavy atom. The summed E-state index contributed by atoms with van der Waals surface area (Å²) >= 11 is 0. The fourth-order valence-electron chi connectivity index (χ4n) is 3.33. The molecular weight excluding hydrogens is 457 g/mol. The first-order chi connectivity index (χ1) is 9.43. The minimum Gasteiger partial charge on any atom is -0.550 e. The van der Waals surface area contributed by atoms with Crippen LogP contribution in [-0.4, -0.2) is 11.9 Å². The molecule has 0 bridgehead atoms. The molecule has 2 fully saturated rings. The van der Waals surface area contributed by atoms with Gasteiger partial charge in [-0.2, -0.15) is 0 Å². The Labute approximate surface area is 148 Å². The maximum Gasteiger partial charge on any atom is 2.00 e. The quantitative estimate of drug-likeness (QED) is 0.552. The van der Waals surface area contributed by atoms with Crippen molar-refractivity contribution in [1.82, 2.24) is 0 Å². The van der Waals surface area contributed by atoms with Crippen molar-refractivity contribution >= 4 is 11.9 Å². The Kier molecular flexibility index (Phi) is 10.5. The molecule has 0 aromatic rings. The fourth-order valence-corrected chi connectivity index (χ4v) is 3.33. The van der Waals surface area contributed by atoms with E-state index in [9.17, 15) is 19.8 Å². The predicted octanol–water partition coefficient (Wildman–Crippen LogP) is 1.12. The minimum absolute atomic E-state index is 0. The third-order valence-electron chi connectivity index (χ3n) is 4.83. The van der Waals surface area contributed by atoms with Crippen LogP contribution in [0.3, 0.4) is 0 Å². The summed E-state index contributed by atoms with van der Waals surface area (Å²) in [4.78, 5) is 20.9. The van der Waals surface area contributed by atoms with Crippen LogP contribution < -0.4 is 10.2 Å². The second-order valence-corrected chi connectivity index (χ2v) is 6.37. The standard InChI is InChI=1S/2C8H14O2.Hg/c2*1-6-4-2-3-5-7(6)8(9)10;/h2*6-7H,2-5H2,1H3,(H,9,10);/q;;+2/p-2. The zero-order valence-corrected chi connectivity index (χ0v) is 18.8. The van der Waals surface area contributed by atoms with Crippen LogP contribution in [0.1, 0.15) is 65.2 Å². The van der Waals surface area contributed by atoms with E-state index in [1.165, 1.54) is 12.8 Å². The molecule has 2 saturated carbocycles. The van der Waals surface area contributed by atoms with Crippen LogP contribution >= 0.6 is 0 Å². The zero-order chi connectivity index (χ0) is 15.1. The van der Waals surface area contributed by atoms with Gasteiger partial charge in [-0.25, -0.2) is 0 Å². The Morgan fingerprint density at radius 2 is 1.00 bits per heavy atom. The number of carbonyl (C=O) groups excluding carboxylic acids is 2. The third-order valence-corrected chi connectivity index (χ3v) is 4.83. The van der Waals surface area contributed by atoms with Crippen LogP contribution in [0.2, 0.25) is 0 Å². The van der Waals surface area contributed by atoms with E-state index in [0.717, 1.165) is 38.5 Å². The average Bonchev–Trinajstić information content (AvgIpc) is 2.40. The first kappa shape index (κ1) is 20.9. The molecule has 0 heterocycles. The van der Waals surface area contributed by atoms with Crippen molar-refractivity contribution in [1.29, 1.82) is 0 Å². The summed E-state index contributed by atoms with van der Waals surface area (Å²) in [6, 6.07) is 0. The molecule has 0 spiro atoms. The molecular formula is C16H26HgO4. The van der Waals surface area contributed by atoms with E-state index >= 15 is 0 Å². The molecule has 116 valence electrons. The summed E-state index contributed by atoms with van der Waals surface area (Å²) in [5.74, 6) is -1.39. The number of aliphatic carboxylic acids is 2. The molecule has 2 aliphatic rings. The second-order valence-electron chi connectivity index (χ2n) is 6.37. The summed E-state index contributed by atoms with van der Waals surface area (Å²) in [5, 5.41) is 20.9. The van der Waals surface area contributed by atoms with Gasteiger partial charge in [0.25, 0.3) is 0 Å². The molecule has 0 aromatic carbocycles. The molecule has 21 heavy (non-hydrogen) atoms. The van der Waals surface area contributed by atoms with Gasteiger partial charge >= 0.3 is 27.7 Å². The first-order valence-corrected chi connectivity index (χ1v) is 7.85. The van der Waals surface area contributed by atoms with Gasteiger partial charge in [0.1, 0.15) is 0 Å². The van der Waals surface area contributed by atoms with Gasteiger partial charge < -0.3 is 19.8 Å². The van der Waals surface area contributed by atoms with Crippen LogP contribution in [0.4, 0.5) is 0 Å². The normalized spacial score (nSPS) is 32.1. The van der Waals surface area contributed by atoms with Crippen molar-refractivity contribution in [2.75, 3.05) is 0 Å². The molecule has 4 unspecified atom stereocenters. The minimum atomic E-state index is -0.854. The summed E-state index contributed by atoms with van der Waals surface area (Å²) < 4.78 is 0.